The van der Waals surface area contributed by atoms with Gasteiger partial charge in [-0.05, 0) is 48.8 Å². The molecule has 0 saturated heterocycles. The van der Waals surface area contributed by atoms with Gasteiger partial charge in [-0.3, -0.25) is 0 Å². The molecule has 200 valence electrons. The van der Waals surface area contributed by atoms with Crippen LogP contribution in [0.2, 0.25) is 0 Å². The number of hydrogen-bond acceptors (Lipinski definition) is 5. The van der Waals surface area contributed by atoms with Gasteiger partial charge in [-0.2, -0.15) is 0 Å². The molecule has 5 nitrogen and oxygen atoms in total. The zero-order valence-electron chi connectivity index (χ0n) is 23.1. The van der Waals surface area contributed by atoms with Crippen LogP contribution in [-0.4, -0.2) is 30.4 Å². The Morgan fingerprint density at radius 1 is 1.00 bits per heavy atom. The summed E-state index contributed by atoms with van der Waals surface area (Å²) in [6, 6.07) is 19.7. The van der Waals surface area contributed by atoms with E-state index >= 15 is 0 Å². The normalized spacial score (nSPS) is 10.6. The van der Waals surface area contributed by atoms with Crippen LogP contribution in [0.15, 0.2) is 96.8 Å². The molecule has 0 atom stereocenters. The lowest BCUT2D eigenvalue weighted by Gasteiger charge is -2.13. The number of ether oxygens (including phenoxy) is 3. The van der Waals surface area contributed by atoms with E-state index in [2.05, 4.69) is 31.1 Å². The van der Waals surface area contributed by atoms with Crippen molar-refractivity contribution in [1.82, 2.24) is 4.98 Å². The summed E-state index contributed by atoms with van der Waals surface area (Å²) in [5, 5.41) is 9.18. The molecule has 37 heavy (non-hydrogen) atoms. The molecule has 0 fully saturated rings. The monoisotopic (exact) mass is 505 g/mol. The van der Waals surface area contributed by atoms with Gasteiger partial charge in [0.1, 0.15) is 23.9 Å². The topological polar surface area (TPSA) is 60.8 Å². The van der Waals surface area contributed by atoms with Gasteiger partial charge in [-0.1, -0.05) is 76.8 Å². The average Bonchev–Trinajstić information content (AvgIpc) is 2.94. The lowest BCUT2D eigenvalue weighted by atomic mass is 10.1. The second-order valence-electron chi connectivity index (χ2n) is 7.96. The fourth-order valence-corrected chi connectivity index (χ4v) is 3.24. The lowest BCUT2D eigenvalue weighted by molar-refractivity contribution is 0.279. The van der Waals surface area contributed by atoms with Gasteiger partial charge in [0.15, 0.2) is 0 Å². The first kappa shape index (κ1) is 31.5. The minimum Gasteiger partial charge on any atom is -0.496 e. The Kier molecular flexibility index (Phi) is 15.9. The molecule has 5 heteroatoms. The molecule has 0 aliphatic rings. The number of rotatable bonds is 12. The number of aliphatic hydroxyl groups is 1. The molecule has 0 unspecified atom stereocenters. The maximum atomic E-state index is 8.07. The minimum absolute atomic E-state index is 0.344. The molecular weight excluding hydrogens is 462 g/mol. The van der Waals surface area contributed by atoms with Crippen LogP contribution in [0.4, 0.5) is 0 Å². The molecule has 2 aromatic carbocycles. The Hall–Kier alpha value is -3.57. The van der Waals surface area contributed by atoms with Crippen molar-refractivity contribution in [2.75, 3.05) is 20.3 Å². The van der Waals surface area contributed by atoms with Gasteiger partial charge in [0.2, 0.25) is 0 Å². The summed E-state index contributed by atoms with van der Waals surface area (Å²) < 4.78 is 17.2. The van der Waals surface area contributed by atoms with Gasteiger partial charge >= 0.3 is 0 Å². The summed E-state index contributed by atoms with van der Waals surface area (Å²) in [5.41, 5.74) is 3.68. The van der Waals surface area contributed by atoms with Crippen LogP contribution in [0.5, 0.6) is 11.5 Å². The summed E-state index contributed by atoms with van der Waals surface area (Å²) in [4.78, 5) is 4.64. The highest BCUT2D eigenvalue weighted by Gasteiger charge is 2.07. The minimum atomic E-state index is 0.344. The van der Waals surface area contributed by atoms with Gasteiger partial charge in [0.05, 0.1) is 24.9 Å². The number of para-hydroxylation sites is 1. The highest BCUT2D eigenvalue weighted by atomic mass is 16.5. The molecule has 1 aromatic heterocycles. The van der Waals surface area contributed by atoms with E-state index in [0.717, 1.165) is 57.8 Å². The van der Waals surface area contributed by atoms with Crippen molar-refractivity contribution in [3.8, 4) is 11.5 Å². The van der Waals surface area contributed by atoms with Crippen molar-refractivity contribution < 1.29 is 19.3 Å². The predicted octanol–water partition coefficient (Wildman–Crippen LogP) is 8.05. The van der Waals surface area contributed by atoms with Crippen molar-refractivity contribution in [2.45, 2.75) is 53.6 Å². The molecule has 0 radical (unpaired) electrons. The standard InChI is InChI=1S/C26H27NO3.C4H10O.C2H6/c1-5-19(2)26(28-4)20(3)15-16-29-23-10-8-11-24(17-23)30-18-22-14-13-21-9-6-7-12-25(21)27-22;1-2-3-4-5;1-2/h5-14,17H,1,3,15-16,18H2,2,4H3;5H,2-4H2,1H3;1-2H3/b26-19+;;. The van der Waals surface area contributed by atoms with Crippen molar-refractivity contribution in [3.63, 3.8) is 0 Å². The van der Waals surface area contributed by atoms with Gasteiger partial charge in [0, 0.05) is 24.5 Å². The summed E-state index contributed by atoms with van der Waals surface area (Å²) in [6.07, 6.45) is 4.45. The van der Waals surface area contributed by atoms with Crippen molar-refractivity contribution in [3.05, 3.63) is 102 Å². The largest absolute Gasteiger partial charge is 0.496 e. The number of benzene rings is 2. The number of hydrogen-bond donors (Lipinski definition) is 1. The summed E-state index contributed by atoms with van der Waals surface area (Å²) in [6.45, 7) is 17.1. The average molecular weight is 506 g/mol. The molecule has 0 spiro atoms. The van der Waals surface area contributed by atoms with E-state index in [1.807, 2.05) is 75.4 Å². The van der Waals surface area contributed by atoms with Gasteiger partial charge in [-0.15, -0.1) is 0 Å². The second-order valence-corrected chi connectivity index (χ2v) is 7.96. The SMILES string of the molecule is C=C/C(C)=C(/OC)C(=C)CCOc1cccc(OCc2ccc3ccccc3n2)c1.CC.CCCCO. The maximum absolute atomic E-state index is 8.07. The number of aliphatic hydroxyl groups excluding tert-OH is 1. The number of allylic oxidation sites excluding steroid dienone is 3. The van der Waals surface area contributed by atoms with Crippen molar-refractivity contribution in [1.29, 1.82) is 0 Å². The van der Waals surface area contributed by atoms with Crippen molar-refractivity contribution in [2.24, 2.45) is 0 Å². The Morgan fingerprint density at radius 3 is 2.32 bits per heavy atom. The molecule has 0 aliphatic carbocycles. The number of pyridine rings is 1. The van der Waals surface area contributed by atoms with Crippen LogP contribution in [-0.2, 0) is 11.3 Å². The van der Waals surface area contributed by atoms with Crippen LogP contribution < -0.4 is 9.47 Å². The quantitative estimate of drug-likeness (QED) is 0.199. The van der Waals surface area contributed by atoms with Crippen molar-refractivity contribution >= 4 is 10.9 Å². The number of aromatic nitrogens is 1. The fourth-order valence-electron chi connectivity index (χ4n) is 3.24. The lowest BCUT2D eigenvalue weighted by Crippen LogP contribution is -2.03. The molecule has 3 rings (SSSR count). The number of methoxy groups -OCH3 is 1. The summed E-state index contributed by atoms with van der Waals surface area (Å²) in [5.74, 6) is 2.24. The molecule has 1 heterocycles. The van der Waals surface area contributed by atoms with E-state index in [1.165, 1.54) is 0 Å². The third-order valence-electron chi connectivity index (χ3n) is 5.22. The molecule has 0 saturated carbocycles. The molecule has 0 amide bonds. The van der Waals surface area contributed by atoms with Gasteiger partial charge in [-0.25, -0.2) is 4.98 Å². The first-order valence-electron chi connectivity index (χ1n) is 12.9. The number of nitrogens with zero attached hydrogens (tertiary/aromatic N) is 1. The van der Waals surface area contributed by atoms with Crippen LogP contribution in [0.3, 0.4) is 0 Å². The Bertz CT molecular complexity index is 1120. The molecule has 3 aromatic rings. The van der Waals surface area contributed by atoms with E-state index in [0.29, 0.717) is 26.2 Å². The first-order valence-corrected chi connectivity index (χ1v) is 12.9. The number of fused-ring (bicyclic) bond motifs is 1. The second kappa shape index (κ2) is 18.7. The summed E-state index contributed by atoms with van der Waals surface area (Å²) >= 11 is 0. The Balaban J connectivity index is 0.000000874. The highest BCUT2D eigenvalue weighted by molar-refractivity contribution is 5.78. The molecule has 0 bridgehead atoms. The maximum Gasteiger partial charge on any atom is 0.130 e. The zero-order valence-corrected chi connectivity index (χ0v) is 23.1. The van der Waals surface area contributed by atoms with E-state index in [1.54, 1.807) is 13.2 Å². The van der Waals surface area contributed by atoms with Crippen LogP contribution in [0.1, 0.15) is 52.7 Å². The fraction of sp³-hybridized carbons (Fsp3) is 0.344. The van der Waals surface area contributed by atoms with E-state index < -0.39 is 0 Å². The third-order valence-corrected chi connectivity index (χ3v) is 5.22. The molecular formula is C32H43NO4. The third kappa shape index (κ3) is 11.4. The Labute approximate surface area is 223 Å². The van der Waals surface area contributed by atoms with Crippen LogP contribution in [0.25, 0.3) is 10.9 Å². The van der Waals surface area contributed by atoms with E-state index in [4.69, 9.17) is 19.3 Å². The van der Waals surface area contributed by atoms with E-state index in [9.17, 15) is 0 Å². The molecule has 1 N–H and O–H groups in total. The summed E-state index contributed by atoms with van der Waals surface area (Å²) in [7, 11) is 1.64. The van der Waals surface area contributed by atoms with Gasteiger partial charge < -0.3 is 19.3 Å². The highest BCUT2D eigenvalue weighted by Crippen LogP contribution is 2.23. The number of unbranched alkanes of at least 4 members (excludes halogenated alkanes) is 1. The Morgan fingerprint density at radius 2 is 1.70 bits per heavy atom. The van der Waals surface area contributed by atoms with E-state index in [-0.39, 0.29) is 0 Å². The predicted molar refractivity (Wildman–Crippen MR) is 155 cm³/mol. The van der Waals surface area contributed by atoms with Gasteiger partial charge in [0.25, 0.3) is 0 Å². The zero-order chi connectivity index (χ0) is 27.5. The van der Waals surface area contributed by atoms with Crippen LogP contribution >= 0.6 is 0 Å². The molecule has 0 aliphatic heterocycles. The smallest absolute Gasteiger partial charge is 0.130 e. The first-order chi connectivity index (χ1) is 18.0. The van der Waals surface area contributed by atoms with Crippen LogP contribution in [0, 0.1) is 0 Å².